The molecule has 0 aliphatic heterocycles. The van der Waals surface area contributed by atoms with Crippen LogP contribution in [0, 0.1) is 13.8 Å². The van der Waals surface area contributed by atoms with Crippen molar-refractivity contribution >= 4 is 33.4 Å². The number of sulfonamides is 1. The van der Waals surface area contributed by atoms with Gasteiger partial charge in [-0.25, -0.2) is 8.42 Å². The summed E-state index contributed by atoms with van der Waals surface area (Å²) in [6.45, 7) is 4.06. The first kappa shape index (κ1) is 28.4. The molecule has 1 amide bonds. The van der Waals surface area contributed by atoms with Crippen LogP contribution in [0.1, 0.15) is 23.1 Å². The van der Waals surface area contributed by atoms with Gasteiger partial charge < -0.3 is 14.8 Å². The summed E-state index contributed by atoms with van der Waals surface area (Å²) in [5, 5.41) is 2.86. The molecule has 3 rings (SSSR count). The average molecular weight is 543 g/mol. The van der Waals surface area contributed by atoms with Crippen molar-refractivity contribution in [2.45, 2.75) is 30.9 Å². The summed E-state index contributed by atoms with van der Waals surface area (Å²) < 4.78 is 38.9. The van der Waals surface area contributed by atoms with E-state index in [2.05, 4.69) is 36.5 Å². The Balaban J connectivity index is 1.67. The van der Waals surface area contributed by atoms with E-state index in [9.17, 15) is 13.2 Å². The largest absolute Gasteiger partial charge is 0.493 e. The van der Waals surface area contributed by atoms with E-state index in [0.29, 0.717) is 23.7 Å². The topological polar surface area (TPSA) is 84.9 Å². The van der Waals surface area contributed by atoms with Gasteiger partial charge in [0, 0.05) is 18.4 Å². The van der Waals surface area contributed by atoms with Crippen molar-refractivity contribution in [1.82, 2.24) is 5.32 Å². The maximum Gasteiger partial charge on any atom is 0.264 e. The van der Waals surface area contributed by atoms with Crippen molar-refractivity contribution < 1.29 is 22.7 Å². The van der Waals surface area contributed by atoms with E-state index < -0.39 is 10.0 Å². The van der Waals surface area contributed by atoms with E-state index in [1.165, 1.54) is 25.3 Å². The van der Waals surface area contributed by atoms with Gasteiger partial charge in [0.1, 0.15) is 6.54 Å². The summed E-state index contributed by atoms with van der Waals surface area (Å²) >= 11 is 1.80. The summed E-state index contributed by atoms with van der Waals surface area (Å²) in [7, 11) is -1.03. The molecule has 0 aliphatic rings. The molecule has 0 unspecified atom stereocenters. The number of nitrogens with zero attached hydrogens (tertiary/aromatic N) is 1. The molecule has 0 bridgehead atoms. The quantitative estimate of drug-likeness (QED) is 0.308. The molecule has 0 aliphatic carbocycles. The van der Waals surface area contributed by atoms with Crippen LogP contribution in [0.2, 0.25) is 0 Å². The smallest absolute Gasteiger partial charge is 0.264 e. The highest BCUT2D eigenvalue weighted by Crippen LogP contribution is 2.33. The highest BCUT2D eigenvalue weighted by atomic mass is 32.2. The summed E-state index contributed by atoms with van der Waals surface area (Å²) in [5.41, 5.74) is 3.77. The Morgan fingerprint density at radius 3 is 2.32 bits per heavy atom. The standard InChI is InChI=1S/C28H34N2O5S2/c1-21-9-12-25(13-10-21)37(32,33)30(24-11-14-26(34-3)27(18-24)35-4)19-28(31)29-15-6-16-36-20-23-8-5-7-22(2)17-23/h5,7-14,17-18H,6,15-16,19-20H2,1-4H3,(H,29,31). The number of hydrogen-bond donors (Lipinski definition) is 1. The maximum absolute atomic E-state index is 13.6. The van der Waals surface area contributed by atoms with E-state index in [-0.39, 0.29) is 17.3 Å². The minimum absolute atomic E-state index is 0.105. The molecule has 0 radical (unpaired) electrons. The van der Waals surface area contributed by atoms with Crippen LogP contribution in [0.15, 0.2) is 71.6 Å². The summed E-state index contributed by atoms with van der Waals surface area (Å²) in [6.07, 6.45) is 0.781. The van der Waals surface area contributed by atoms with Crippen LogP contribution in [0.3, 0.4) is 0 Å². The Morgan fingerprint density at radius 2 is 1.65 bits per heavy atom. The number of amides is 1. The second-order valence-electron chi connectivity index (χ2n) is 8.61. The molecule has 0 atom stereocenters. The fraction of sp³-hybridized carbons (Fsp3) is 0.321. The third kappa shape index (κ3) is 7.90. The zero-order chi connectivity index (χ0) is 26.8. The number of rotatable bonds is 13. The lowest BCUT2D eigenvalue weighted by molar-refractivity contribution is -0.119. The number of benzene rings is 3. The maximum atomic E-state index is 13.6. The minimum Gasteiger partial charge on any atom is -0.493 e. The number of nitrogens with one attached hydrogen (secondary N) is 1. The molecule has 198 valence electrons. The van der Waals surface area contributed by atoms with Crippen LogP contribution in [0.5, 0.6) is 11.5 Å². The van der Waals surface area contributed by atoms with Gasteiger partial charge in [-0.3, -0.25) is 9.10 Å². The molecule has 3 aromatic rings. The number of aryl methyl sites for hydroxylation is 2. The predicted octanol–water partition coefficient (Wildman–Crippen LogP) is 4.96. The van der Waals surface area contributed by atoms with Gasteiger partial charge in [0.15, 0.2) is 11.5 Å². The number of carbonyl (C=O) groups is 1. The number of ether oxygens (including phenoxy) is 2. The molecule has 9 heteroatoms. The third-order valence-electron chi connectivity index (χ3n) is 5.69. The Bertz CT molecular complexity index is 1290. The van der Waals surface area contributed by atoms with Gasteiger partial charge in [-0.2, -0.15) is 11.8 Å². The number of carbonyl (C=O) groups excluding carboxylic acids is 1. The number of methoxy groups -OCH3 is 2. The van der Waals surface area contributed by atoms with Crippen molar-refractivity contribution in [2.75, 3.05) is 37.4 Å². The molecule has 3 aromatic carbocycles. The summed E-state index contributed by atoms with van der Waals surface area (Å²) in [5.74, 6) is 2.25. The number of thioether (sulfide) groups is 1. The fourth-order valence-electron chi connectivity index (χ4n) is 3.71. The van der Waals surface area contributed by atoms with Crippen molar-refractivity contribution in [1.29, 1.82) is 0 Å². The Kier molecular flexibility index (Phi) is 10.3. The van der Waals surface area contributed by atoms with Crippen LogP contribution in [0.25, 0.3) is 0 Å². The van der Waals surface area contributed by atoms with Gasteiger partial charge in [0.05, 0.1) is 24.8 Å². The van der Waals surface area contributed by atoms with Crippen molar-refractivity contribution in [3.05, 3.63) is 83.4 Å². The van der Waals surface area contributed by atoms with Gasteiger partial charge in [-0.05, 0) is 55.9 Å². The molecule has 0 heterocycles. The molecule has 1 N–H and O–H groups in total. The van der Waals surface area contributed by atoms with E-state index in [0.717, 1.165) is 27.8 Å². The number of hydrogen-bond acceptors (Lipinski definition) is 6. The molecule has 0 aromatic heterocycles. The molecule has 37 heavy (non-hydrogen) atoms. The first-order valence-electron chi connectivity index (χ1n) is 12.0. The van der Waals surface area contributed by atoms with Gasteiger partial charge in [0.2, 0.25) is 5.91 Å². The van der Waals surface area contributed by atoms with Crippen LogP contribution in [-0.4, -0.2) is 47.4 Å². The molecule has 0 spiro atoms. The second-order valence-corrected chi connectivity index (χ2v) is 11.6. The van der Waals surface area contributed by atoms with E-state index in [1.807, 2.05) is 6.92 Å². The lowest BCUT2D eigenvalue weighted by Crippen LogP contribution is -2.41. The van der Waals surface area contributed by atoms with Crippen LogP contribution in [-0.2, 0) is 20.6 Å². The highest BCUT2D eigenvalue weighted by Gasteiger charge is 2.28. The molecule has 7 nitrogen and oxygen atoms in total. The lowest BCUT2D eigenvalue weighted by atomic mass is 10.2. The van der Waals surface area contributed by atoms with Crippen molar-refractivity contribution in [3.63, 3.8) is 0 Å². The molecular formula is C28H34N2O5S2. The summed E-state index contributed by atoms with van der Waals surface area (Å²) in [6, 6.07) is 19.7. The summed E-state index contributed by atoms with van der Waals surface area (Å²) in [4.78, 5) is 13.0. The normalized spacial score (nSPS) is 11.1. The first-order chi connectivity index (χ1) is 17.7. The lowest BCUT2D eigenvalue weighted by Gasteiger charge is -2.25. The third-order valence-corrected chi connectivity index (χ3v) is 8.59. The molecular weight excluding hydrogens is 508 g/mol. The number of anilines is 1. The second kappa shape index (κ2) is 13.4. The molecule has 0 fully saturated rings. The van der Waals surface area contributed by atoms with Crippen molar-refractivity contribution in [2.24, 2.45) is 0 Å². The van der Waals surface area contributed by atoms with Crippen molar-refractivity contribution in [3.8, 4) is 11.5 Å². The van der Waals surface area contributed by atoms with Gasteiger partial charge in [-0.15, -0.1) is 0 Å². The predicted molar refractivity (Wildman–Crippen MR) is 150 cm³/mol. The van der Waals surface area contributed by atoms with E-state index in [4.69, 9.17) is 9.47 Å². The zero-order valence-corrected chi connectivity index (χ0v) is 23.3. The van der Waals surface area contributed by atoms with E-state index in [1.54, 1.807) is 54.2 Å². The Morgan fingerprint density at radius 1 is 0.919 bits per heavy atom. The van der Waals surface area contributed by atoms with Gasteiger partial charge in [0.25, 0.3) is 10.0 Å². The average Bonchev–Trinajstić information content (AvgIpc) is 2.89. The van der Waals surface area contributed by atoms with Crippen LogP contribution >= 0.6 is 11.8 Å². The zero-order valence-electron chi connectivity index (χ0n) is 21.7. The fourth-order valence-corrected chi connectivity index (χ4v) is 6.03. The van der Waals surface area contributed by atoms with E-state index >= 15 is 0 Å². The SMILES string of the molecule is COc1ccc(N(CC(=O)NCCCSCc2cccc(C)c2)S(=O)(=O)c2ccc(C)cc2)cc1OC. The monoisotopic (exact) mass is 542 g/mol. The Labute approximate surface area is 224 Å². The highest BCUT2D eigenvalue weighted by molar-refractivity contribution is 7.98. The first-order valence-corrected chi connectivity index (χ1v) is 14.6. The van der Waals surface area contributed by atoms with Crippen LogP contribution in [0.4, 0.5) is 5.69 Å². The molecule has 0 saturated heterocycles. The van der Waals surface area contributed by atoms with Gasteiger partial charge >= 0.3 is 0 Å². The minimum atomic E-state index is -4.01. The molecule has 0 saturated carbocycles. The Hall–Kier alpha value is -3.17. The van der Waals surface area contributed by atoms with Gasteiger partial charge in [-0.1, -0.05) is 47.5 Å². The van der Waals surface area contributed by atoms with Crippen LogP contribution < -0.4 is 19.1 Å².